The van der Waals surface area contributed by atoms with Gasteiger partial charge in [-0.1, -0.05) is 19.1 Å². The van der Waals surface area contributed by atoms with Gasteiger partial charge in [0.2, 0.25) is 0 Å². The summed E-state index contributed by atoms with van der Waals surface area (Å²) in [4.78, 5) is 6.78. The van der Waals surface area contributed by atoms with Gasteiger partial charge in [-0.05, 0) is 64.3 Å². The number of piperidine rings is 1. The molecule has 2 unspecified atom stereocenters. The molecule has 2 rings (SSSR count). The maximum Gasteiger partial charge on any atom is 0.191 e. The highest BCUT2D eigenvalue weighted by molar-refractivity contribution is 5.79. The van der Waals surface area contributed by atoms with Crippen molar-refractivity contribution >= 4 is 5.96 Å². The van der Waals surface area contributed by atoms with Crippen molar-refractivity contribution in [2.24, 2.45) is 10.9 Å². The first kappa shape index (κ1) is 20.6. The number of rotatable bonds is 7. The molecule has 1 aliphatic heterocycles. The SMILES string of the molecule is CCC(C)Oc1cc(C)ccc1CNC(=NC)NCC1CCCN(C)C1. The third kappa shape index (κ3) is 6.52. The Balaban J connectivity index is 1.89. The zero-order valence-electron chi connectivity index (χ0n) is 17.1. The quantitative estimate of drug-likeness (QED) is 0.579. The molecule has 0 amide bonds. The summed E-state index contributed by atoms with van der Waals surface area (Å²) in [5.74, 6) is 2.51. The molecule has 1 aromatic rings. The van der Waals surface area contributed by atoms with Gasteiger partial charge in [-0.2, -0.15) is 0 Å². The lowest BCUT2D eigenvalue weighted by Crippen LogP contribution is -2.43. The zero-order valence-corrected chi connectivity index (χ0v) is 17.1. The molecule has 0 saturated carbocycles. The van der Waals surface area contributed by atoms with Crippen molar-refractivity contribution in [2.45, 2.75) is 52.7 Å². The second kappa shape index (κ2) is 10.4. The number of aryl methyl sites for hydroxylation is 1. The molecule has 26 heavy (non-hydrogen) atoms. The number of guanidine groups is 1. The van der Waals surface area contributed by atoms with Gasteiger partial charge in [-0.15, -0.1) is 0 Å². The van der Waals surface area contributed by atoms with Gasteiger partial charge >= 0.3 is 0 Å². The van der Waals surface area contributed by atoms with Crippen LogP contribution in [-0.2, 0) is 6.54 Å². The summed E-state index contributed by atoms with van der Waals surface area (Å²) in [6, 6.07) is 6.40. The number of hydrogen-bond donors (Lipinski definition) is 2. The molecule has 0 radical (unpaired) electrons. The van der Waals surface area contributed by atoms with Crippen LogP contribution in [0.1, 0.15) is 44.2 Å². The summed E-state index contributed by atoms with van der Waals surface area (Å²) >= 11 is 0. The van der Waals surface area contributed by atoms with E-state index in [0.717, 1.165) is 36.8 Å². The van der Waals surface area contributed by atoms with Crippen molar-refractivity contribution in [3.8, 4) is 5.75 Å². The Labute approximate surface area is 159 Å². The van der Waals surface area contributed by atoms with E-state index in [1.54, 1.807) is 0 Å². The molecule has 2 atom stereocenters. The fourth-order valence-electron chi connectivity index (χ4n) is 3.30. The van der Waals surface area contributed by atoms with Crippen molar-refractivity contribution in [3.63, 3.8) is 0 Å². The maximum atomic E-state index is 6.10. The molecule has 1 fully saturated rings. The third-order valence-corrected chi connectivity index (χ3v) is 5.08. The van der Waals surface area contributed by atoms with Crippen molar-refractivity contribution in [1.82, 2.24) is 15.5 Å². The van der Waals surface area contributed by atoms with Crippen LogP contribution in [0.3, 0.4) is 0 Å². The minimum atomic E-state index is 0.219. The normalized spacial score (nSPS) is 19.9. The first-order valence-corrected chi connectivity index (χ1v) is 9.91. The maximum absolute atomic E-state index is 6.10. The second-order valence-corrected chi connectivity index (χ2v) is 7.53. The number of nitrogens with zero attached hydrogens (tertiary/aromatic N) is 2. The van der Waals surface area contributed by atoms with Gasteiger partial charge in [0.1, 0.15) is 5.75 Å². The smallest absolute Gasteiger partial charge is 0.191 e. The molecule has 5 heteroatoms. The molecule has 2 N–H and O–H groups in total. The summed E-state index contributed by atoms with van der Waals surface area (Å²) in [6.45, 7) is 10.4. The van der Waals surface area contributed by atoms with E-state index in [1.165, 1.54) is 24.9 Å². The van der Waals surface area contributed by atoms with Crippen LogP contribution in [0.5, 0.6) is 5.75 Å². The number of aliphatic imine (C=N–C) groups is 1. The van der Waals surface area contributed by atoms with E-state index in [2.05, 4.69) is 66.5 Å². The number of hydrogen-bond acceptors (Lipinski definition) is 3. The van der Waals surface area contributed by atoms with E-state index in [1.807, 2.05) is 7.05 Å². The predicted molar refractivity (Wildman–Crippen MR) is 110 cm³/mol. The van der Waals surface area contributed by atoms with E-state index in [9.17, 15) is 0 Å². The van der Waals surface area contributed by atoms with Crippen LogP contribution < -0.4 is 15.4 Å². The van der Waals surface area contributed by atoms with Gasteiger partial charge in [0.15, 0.2) is 5.96 Å². The average Bonchev–Trinajstić information content (AvgIpc) is 2.63. The third-order valence-electron chi connectivity index (χ3n) is 5.08. The Bertz CT molecular complexity index is 587. The van der Waals surface area contributed by atoms with Gasteiger partial charge in [0.25, 0.3) is 0 Å². The van der Waals surface area contributed by atoms with Crippen LogP contribution >= 0.6 is 0 Å². The molecule has 1 saturated heterocycles. The molecule has 0 aromatic heterocycles. The van der Waals surface area contributed by atoms with Crippen LogP contribution in [-0.4, -0.2) is 50.7 Å². The lowest BCUT2D eigenvalue weighted by molar-refractivity contribution is 0.210. The van der Waals surface area contributed by atoms with Crippen LogP contribution in [0.25, 0.3) is 0 Å². The first-order chi connectivity index (χ1) is 12.5. The van der Waals surface area contributed by atoms with E-state index >= 15 is 0 Å². The topological polar surface area (TPSA) is 48.9 Å². The Morgan fingerprint density at radius 2 is 2.19 bits per heavy atom. The van der Waals surface area contributed by atoms with E-state index in [0.29, 0.717) is 12.5 Å². The molecule has 1 heterocycles. The molecule has 0 spiro atoms. The van der Waals surface area contributed by atoms with Gasteiger partial charge in [0.05, 0.1) is 6.10 Å². The largest absolute Gasteiger partial charge is 0.490 e. The summed E-state index contributed by atoms with van der Waals surface area (Å²) in [5, 5.41) is 6.92. The monoisotopic (exact) mass is 360 g/mol. The van der Waals surface area contributed by atoms with Crippen molar-refractivity contribution in [2.75, 3.05) is 33.7 Å². The highest BCUT2D eigenvalue weighted by Gasteiger charge is 2.17. The molecule has 1 aromatic carbocycles. The number of nitrogens with one attached hydrogen (secondary N) is 2. The summed E-state index contributed by atoms with van der Waals surface area (Å²) in [5.41, 5.74) is 2.38. The number of benzene rings is 1. The standard InChI is InChI=1S/C21H36N4O/c1-6-17(3)26-20-12-16(2)9-10-19(20)14-24-21(22-4)23-13-18-8-7-11-25(5)15-18/h9-10,12,17-18H,6-8,11,13-15H2,1-5H3,(H2,22,23,24). The lowest BCUT2D eigenvalue weighted by Gasteiger charge is -2.30. The van der Waals surface area contributed by atoms with Gasteiger partial charge in [-0.25, -0.2) is 0 Å². The molecule has 0 aliphatic carbocycles. The van der Waals surface area contributed by atoms with E-state index in [4.69, 9.17) is 4.74 Å². The Morgan fingerprint density at radius 3 is 2.88 bits per heavy atom. The van der Waals surface area contributed by atoms with Crippen molar-refractivity contribution < 1.29 is 4.74 Å². The summed E-state index contributed by atoms with van der Waals surface area (Å²) in [6.07, 6.45) is 3.80. The van der Waals surface area contributed by atoms with Gasteiger partial charge in [0, 0.05) is 32.2 Å². The minimum Gasteiger partial charge on any atom is -0.490 e. The second-order valence-electron chi connectivity index (χ2n) is 7.53. The predicted octanol–water partition coefficient (Wildman–Crippen LogP) is 3.18. The fourth-order valence-corrected chi connectivity index (χ4v) is 3.30. The lowest BCUT2D eigenvalue weighted by atomic mass is 9.99. The summed E-state index contributed by atoms with van der Waals surface area (Å²) < 4.78 is 6.10. The minimum absolute atomic E-state index is 0.219. The zero-order chi connectivity index (χ0) is 18.9. The van der Waals surface area contributed by atoms with Crippen LogP contribution in [0.2, 0.25) is 0 Å². The van der Waals surface area contributed by atoms with Crippen LogP contribution in [0, 0.1) is 12.8 Å². The highest BCUT2D eigenvalue weighted by atomic mass is 16.5. The Hall–Kier alpha value is -1.75. The number of likely N-dealkylation sites (tertiary alicyclic amines) is 1. The van der Waals surface area contributed by atoms with Crippen LogP contribution in [0.15, 0.2) is 23.2 Å². The molecule has 1 aliphatic rings. The Morgan fingerprint density at radius 1 is 1.38 bits per heavy atom. The molecule has 5 nitrogen and oxygen atoms in total. The molecular formula is C21H36N4O. The van der Waals surface area contributed by atoms with Crippen molar-refractivity contribution in [3.05, 3.63) is 29.3 Å². The number of ether oxygens (including phenoxy) is 1. The van der Waals surface area contributed by atoms with Crippen molar-refractivity contribution in [1.29, 1.82) is 0 Å². The fraction of sp³-hybridized carbons (Fsp3) is 0.667. The van der Waals surface area contributed by atoms with Gasteiger partial charge in [-0.3, -0.25) is 4.99 Å². The average molecular weight is 361 g/mol. The van der Waals surface area contributed by atoms with Crippen LogP contribution in [0.4, 0.5) is 0 Å². The van der Waals surface area contributed by atoms with E-state index < -0.39 is 0 Å². The highest BCUT2D eigenvalue weighted by Crippen LogP contribution is 2.22. The van der Waals surface area contributed by atoms with E-state index in [-0.39, 0.29) is 6.10 Å². The first-order valence-electron chi connectivity index (χ1n) is 9.91. The molecular weight excluding hydrogens is 324 g/mol. The molecule has 146 valence electrons. The summed E-state index contributed by atoms with van der Waals surface area (Å²) in [7, 11) is 4.03. The Kier molecular flexibility index (Phi) is 8.23. The van der Waals surface area contributed by atoms with Gasteiger partial charge < -0.3 is 20.3 Å². The molecule has 0 bridgehead atoms.